The van der Waals surface area contributed by atoms with Gasteiger partial charge in [0.2, 0.25) is 18.0 Å². The number of fused-ring (bicyclic) bond motifs is 4. The quantitative estimate of drug-likeness (QED) is 0.0492. The minimum absolute atomic E-state index is 0.00889. The average Bonchev–Trinajstić information content (AvgIpc) is 4.28. The molecule has 23 heteroatoms. The summed E-state index contributed by atoms with van der Waals surface area (Å²) < 4.78 is 40.2. The summed E-state index contributed by atoms with van der Waals surface area (Å²) in [7, 11) is 2.46. The third-order valence-corrected chi connectivity index (χ3v) is 15.6. The van der Waals surface area contributed by atoms with E-state index < -0.39 is 92.3 Å². The first kappa shape index (κ1) is 53.5. The topological polar surface area (TPSA) is 229 Å². The first-order valence-corrected chi connectivity index (χ1v) is 24.9. The Morgan fingerprint density at radius 2 is 1.26 bits per heavy atom. The van der Waals surface area contributed by atoms with Crippen molar-refractivity contribution in [2.75, 3.05) is 31.4 Å². The molecule has 0 radical (unpaired) electrons. The van der Waals surface area contributed by atoms with E-state index in [1.807, 2.05) is 4.90 Å². The molecule has 2 spiro atoms. The summed E-state index contributed by atoms with van der Waals surface area (Å²) in [4.78, 5) is 86.5. The molecule has 4 aliphatic heterocycles. The molecule has 6 aliphatic rings. The van der Waals surface area contributed by atoms with Gasteiger partial charge in [0.05, 0.1) is 48.2 Å². The Morgan fingerprint density at radius 3 is 1.77 bits per heavy atom. The number of halogens is 6. The van der Waals surface area contributed by atoms with Gasteiger partial charge in [-0.3, -0.25) is 49.6 Å². The van der Waals surface area contributed by atoms with Crippen molar-refractivity contribution in [2.45, 2.75) is 98.4 Å². The smallest absolute Gasteiger partial charge is 0.305 e. The van der Waals surface area contributed by atoms with Gasteiger partial charge in [-0.2, -0.15) is 0 Å². The van der Waals surface area contributed by atoms with Crippen LogP contribution in [-0.2, 0) is 44.5 Å². The molecule has 2 aliphatic carbocycles. The lowest BCUT2D eigenvalue weighted by Crippen LogP contribution is -2.52. The maximum atomic E-state index is 15.6. The van der Waals surface area contributed by atoms with Crippen molar-refractivity contribution in [3.05, 3.63) is 147 Å². The SMILES string of the molecule is COC(=O)CC[C@@H]1N[C@@]2(C(=O)Nc3cc(Cl)ccc32)[C@@H](c2cccc(Cl)c2F)[C@@H]1[N+](=O)[O-].COC(=O)CC[C@H]1[C@@H]([N+](=O)[O-])[C@H](c2cccc(Cl)c2F)[C@]2(C(=O)Nc3cc(Cl)ccc32)N1CC1CC1.O=CC1CC1. The zero-order valence-electron chi connectivity index (χ0n) is 39.1. The highest BCUT2D eigenvalue weighted by Gasteiger charge is 2.72. The molecule has 2 saturated heterocycles. The molecular weight excluding hydrogens is 1040 g/mol. The normalized spacial score (nSPS) is 26.4. The Balaban J connectivity index is 0.000000179. The van der Waals surface area contributed by atoms with Gasteiger partial charge in [0, 0.05) is 78.8 Å². The summed E-state index contributed by atoms with van der Waals surface area (Å²) in [6.07, 6.45) is 5.04. The molecule has 8 atom stereocenters. The van der Waals surface area contributed by atoms with Gasteiger partial charge in [-0.15, -0.1) is 0 Å². The van der Waals surface area contributed by atoms with Crippen LogP contribution in [0.4, 0.5) is 20.2 Å². The second kappa shape index (κ2) is 21.6. The van der Waals surface area contributed by atoms with E-state index in [0.717, 1.165) is 32.0 Å². The zero-order chi connectivity index (χ0) is 52.7. The third kappa shape index (κ3) is 9.99. The summed E-state index contributed by atoms with van der Waals surface area (Å²) >= 11 is 24.4. The lowest BCUT2D eigenvalue weighted by molar-refractivity contribution is -0.528. The van der Waals surface area contributed by atoms with Gasteiger partial charge in [-0.1, -0.05) is 82.8 Å². The molecular formula is C50H48Cl4F2N6O11. The zero-order valence-corrected chi connectivity index (χ0v) is 42.1. The van der Waals surface area contributed by atoms with Crippen LogP contribution in [0.5, 0.6) is 0 Å². The van der Waals surface area contributed by atoms with Crippen LogP contribution in [0.25, 0.3) is 0 Å². The number of methoxy groups -OCH3 is 2. The number of rotatable bonds is 13. The lowest BCUT2D eigenvalue weighted by Gasteiger charge is -2.38. The Bertz CT molecular complexity index is 2900. The van der Waals surface area contributed by atoms with E-state index in [2.05, 4.69) is 20.7 Å². The van der Waals surface area contributed by atoms with E-state index in [0.29, 0.717) is 45.0 Å². The Hall–Kier alpha value is -5.83. The predicted octanol–water partition coefficient (Wildman–Crippen LogP) is 8.99. The van der Waals surface area contributed by atoms with Crippen molar-refractivity contribution in [3.8, 4) is 0 Å². The van der Waals surface area contributed by atoms with E-state index >= 15 is 8.78 Å². The Morgan fingerprint density at radius 1 is 0.740 bits per heavy atom. The van der Waals surface area contributed by atoms with Crippen LogP contribution in [0.15, 0.2) is 72.8 Å². The number of ether oxygens (including phenoxy) is 2. The number of esters is 2. The van der Waals surface area contributed by atoms with Gasteiger partial charge < -0.3 is 24.9 Å². The number of carbonyl (C=O) groups excluding carboxylic acids is 5. The van der Waals surface area contributed by atoms with E-state index in [9.17, 15) is 44.2 Å². The summed E-state index contributed by atoms with van der Waals surface area (Å²) in [5, 5.41) is 34.0. The van der Waals surface area contributed by atoms with Crippen molar-refractivity contribution < 1.29 is 52.1 Å². The molecule has 3 N–H and O–H groups in total. The van der Waals surface area contributed by atoms with Crippen LogP contribution >= 0.6 is 46.4 Å². The largest absolute Gasteiger partial charge is 0.469 e. The summed E-state index contributed by atoms with van der Waals surface area (Å²) in [5.74, 6) is -5.54. The van der Waals surface area contributed by atoms with Crippen molar-refractivity contribution in [3.63, 3.8) is 0 Å². The number of nitrogens with zero attached hydrogens (tertiary/aromatic N) is 3. The highest BCUT2D eigenvalue weighted by Crippen LogP contribution is 2.60. The van der Waals surface area contributed by atoms with Crippen LogP contribution < -0.4 is 16.0 Å². The van der Waals surface area contributed by atoms with Gasteiger partial charge in [0.15, 0.2) is 0 Å². The molecule has 0 bridgehead atoms. The van der Waals surface area contributed by atoms with Gasteiger partial charge in [0.25, 0.3) is 5.91 Å². The molecule has 386 valence electrons. The molecule has 73 heavy (non-hydrogen) atoms. The monoisotopic (exact) mass is 1090 g/mol. The number of likely N-dealkylation sites (tertiary alicyclic amines) is 1. The van der Waals surface area contributed by atoms with E-state index in [-0.39, 0.29) is 52.8 Å². The first-order chi connectivity index (χ1) is 34.8. The molecule has 4 aromatic carbocycles. The molecule has 4 aromatic rings. The maximum absolute atomic E-state index is 15.6. The molecule has 4 heterocycles. The fourth-order valence-corrected chi connectivity index (χ4v) is 11.7. The van der Waals surface area contributed by atoms with E-state index in [1.54, 1.807) is 30.3 Å². The van der Waals surface area contributed by atoms with Crippen LogP contribution in [0.1, 0.15) is 85.5 Å². The number of hydrogen-bond donors (Lipinski definition) is 3. The minimum Gasteiger partial charge on any atom is -0.469 e. The highest BCUT2D eigenvalue weighted by molar-refractivity contribution is 6.32. The second-order valence-corrected chi connectivity index (χ2v) is 20.5. The minimum atomic E-state index is -1.66. The Labute approximate surface area is 436 Å². The number of anilines is 2. The van der Waals surface area contributed by atoms with Gasteiger partial charge in [0.1, 0.15) is 29.0 Å². The molecule has 0 unspecified atom stereocenters. The second-order valence-electron chi connectivity index (χ2n) is 18.8. The van der Waals surface area contributed by atoms with Gasteiger partial charge >= 0.3 is 11.9 Å². The van der Waals surface area contributed by atoms with E-state index in [1.165, 1.54) is 56.7 Å². The predicted molar refractivity (Wildman–Crippen MR) is 265 cm³/mol. The fraction of sp³-hybridized carbons (Fsp3) is 0.420. The molecule has 2 saturated carbocycles. The fourth-order valence-electron chi connectivity index (χ4n) is 11.0. The number of benzene rings is 4. The van der Waals surface area contributed by atoms with Crippen molar-refractivity contribution >= 4 is 87.8 Å². The summed E-state index contributed by atoms with van der Waals surface area (Å²) in [6, 6.07) is 13.5. The molecule has 10 rings (SSSR count). The number of carbonyl (C=O) groups is 5. The van der Waals surface area contributed by atoms with Gasteiger partial charge in [-0.25, -0.2) is 8.78 Å². The third-order valence-electron chi connectivity index (χ3n) is 14.5. The van der Waals surface area contributed by atoms with Crippen molar-refractivity contribution in [2.24, 2.45) is 11.8 Å². The first-order valence-electron chi connectivity index (χ1n) is 23.3. The van der Waals surface area contributed by atoms with Gasteiger partial charge in [-0.05, 0) is 80.8 Å². The van der Waals surface area contributed by atoms with Crippen LogP contribution in [0.2, 0.25) is 20.1 Å². The molecule has 17 nitrogen and oxygen atoms in total. The number of amides is 2. The standard InChI is InChI=1S/C25H24Cl2FN3O5.C21H18Cl2FN3O5.C4H6O/c1-36-20(32)10-9-19-23(31(34)35)21(15-3-2-4-17(27)22(15)28)25(30(19)12-13-5-6-13)16-8-7-14(26)11-18(16)29-24(25)33;1-32-16(28)8-7-14-19(27(30)31)17(11-3-2-4-13(23)18(11)24)21(26-14)12-6-5-10(22)9-15(12)25-20(21)29;5-3-4-1-2-4/h2-4,7-8,11,13,19,21,23H,5-6,9-10,12H2,1H3,(H,29,33);2-6,9,14,17,19,26H,7-8H2,1H3,(H,25,29);3-4H,1-2H2/t19-,21-,23+,25+;14-,17-,19+,21+;/m00./s1. The number of nitro groups is 2. The lowest BCUT2D eigenvalue weighted by atomic mass is 9.73. The molecule has 0 aromatic heterocycles. The highest BCUT2D eigenvalue weighted by atomic mass is 35.5. The number of aldehydes is 1. The average molecular weight is 1090 g/mol. The van der Waals surface area contributed by atoms with Crippen molar-refractivity contribution in [1.29, 1.82) is 0 Å². The number of nitrogens with one attached hydrogen (secondary N) is 3. The molecule has 2 amide bonds. The van der Waals surface area contributed by atoms with Crippen LogP contribution in [-0.4, -0.2) is 89.7 Å². The molecule has 4 fully saturated rings. The summed E-state index contributed by atoms with van der Waals surface area (Å²) in [5.41, 5.74) is -1.63. The maximum Gasteiger partial charge on any atom is 0.305 e. The van der Waals surface area contributed by atoms with E-state index in [4.69, 9.17) is 51.1 Å². The van der Waals surface area contributed by atoms with Crippen molar-refractivity contribution in [1.82, 2.24) is 10.2 Å². The number of hydrogen-bond acceptors (Lipinski definition) is 13. The van der Waals surface area contributed by atoms with Crippen LogP contribution in [0.3, 0.4) is 0 Å². The Kier molecular flexibility index (Phi) is 15.8. The summed E-state index contributed by atoms with van der Waals surface area (Å²) in [6.45, 7) is 0.393. The van der Waals surface area contributed by atoms with Crippen LogP contribution in [0, 0.1) is 43.7 Å².